The third-order valence-corrected chi connectivity index (χ3v) is 8.64. The van der Waals surface area contributed by atoms with E-state index in [1.807, 2.05) is 0 Å². The van der Waals surface area contributed by atoms with Crippen molar-refractivity contribution in [3.63, 3.8) is 0 Å². The molecule has 2 saturated carbocycles. The SMILES string of the molecule is C.C.C.C.C.C.CC1C(=O)OC(=O)C1C(CC1C(C)C2CC1C1COC(=O)C21)C(=O)OC1CCCCO1. The molecule has 8 nitrogen and oxygen atoms in total. The average Bonchev–Trinajstić information content (AvgIpc) is 3.45. The topological polar surface area (TPSA) is 105 Å². The smallest absolute Gasteiger partial charge is 0.318 e. The average molecular weight is 531 g/mol. The number of carbonyl (C=O) groups is 4. The third kappa shape index (κ3) is 6.21. The largest absolute Gasteiger partial charge is 0.465 e. The van der Waals surface area contributed by atoms with Gasteiger partial charge >= 0.3 is 23.9 Å². The molecule has 3 saturated heterocycles. The lowest BCUT2D eigenvalue weighted by Gasteiger charge is -2.37. The van der Waals surface area contributed by atoms with Crippen LogP contribution in [0.25, 0.3) is 0 Å². The van der Waals surface area contributed by atoms with Gasteiger partial charge in [0.15, 0.2) is 0 Å². The van der Waals surface area contributed by atoms with Crippen molar-refractivity contribution in [3.05, 3.63) is 0 Å². The number of hydrogen-bond acceptors (Lipinski definition) is 8. The van der Waals surface area contributed by atoms with Crippen molar-refractivity contribution in [2.45, 2.75) is 96.8 Å². The standard InChI is InChI=1S/C23H30O8.6CH4/c1-10-12(14-8-13(10)19-16(14)9-29-22(19)26)7-15(18-11(2)20(24)31-23(18)27)21(25)30-17-5-3-4-6-28-17;;;;;;/h10-19H,3-9H2,1-2H3;6*1H4. The highest BCUT2D eigenvalue weighted by Crippen LogP contribution is 2.62. The van der Waals surface area contributed by atoms with Gasteiger partial charge in [-0.05, 0) is 49.4 Å². The molecule has 0 radical (unpaired) electrons. The number of ether oxygens (including phenoxy) is 4. The number of cyclic esters (lactones) is 3. The van der Waals surface area contributed by atoms with Gasteiger partial charge in [0.05, 0.1) is 36.9 Å². The minimum atomic E-state index is -0.841. The van der Waals surface area contributed by atoms with E-state index in [0.717, 1.165) is 19.3 Å². The van der Waals surface area contributed by atoms with Crippen molar-refractivity contribution >= 4 is 23.9 Å². The van der Waals surface area contributed by atoms with Gasteiger partial charge in [-0.15, -0.1) is 0 Å². The summed E-state index contributed by atoms with van der Waals surface area (Å²) in [5, 5.41) is 0. The summed E-state index contributed by atoms with van der Waals surface area (Å²) in [6.45, 7) is 4.76. The fourth-order valence-electron chi connectivity index (χ4n) is 7.03. The molecule has 0 aromatic carbocycles. The molecule has 218 valence electrons. The second kappa shape index (κ2) is 14.3. The molecule has 0 aromatic heterocycles. The third-order valence-electron chi connectivity index (χ3n) is 8.64. The molecule has 0 amide bonds. The Hall–Kier alpha value is -1.96. The Morgan fingerprint density at radius 3 is 2.16 bits per heavy atom. The summed E-state index contributed by atoms with van der Waals surface area (Å²) in [4.78, 5) is 50.0. The molecule has 0 aromatic rings. The lowest BCUT2D eigenvalue weighted by molar-refractivity contribution is -0.195. The van der Waals surface area contributed by atoms with Crippen LogP contribution in [0.5, 0.6) is 0 Å². The van der Waals surface area contributed by atoms with Crippen molar-refractivity contribution in [2.75, 3.05) is 13.2 Å². The number of hydrogen-bond donors (Lipinski definition) is 0. The van der Waals surface area contributed by atoms with Crippen LogP contribution in [0.15, 0.2) is 0 Å². The number of carbonyl (C=O) groups excluding carboxylic acids is 4. The minimum Gasteiger partial charge on any atom is -0.465 e. The predicted octanol–water partition coefficient (Wildman–Crippen LogP) is 5.91. The first kappa shape index (κ1) is 37.2. The van der Waals surface area contributed by atoms with Crippen LogP contribution in [-0.4, -0.2) is 43.4 Å². The molecule has 5 aliphatic rings. The van der Waals surface area contributed by atoms with E-state index in [0.29, 0.717) is 26.1 Å². The van der Waals surface area contributed by atoms with Gasteiger partial charge < -0.3 is 18.9 Å². The van der Waals surface area contributed by atoms with E-state index in [9.17, 15) is 19.2 Å². The van der Waals surface area contributed by atoms with Crippen LogP contribution in [0.3, 0.4) is 0 Å². The molecule has 5 fully saturated rings. The second-order valence-electron chi connectivity index (χ2n) is 10.0. The van der Waals surface area contributed by atoms with E-state index >= 15 is 0 Å². The fraction of sp³-hybridized carbons (Fsp3) is 0.862. The fourth-order valence-corrected chi connectivity index (χ4v) is 7.03. The summed E-state index contributed by atoms with van der Waals surface area (Å²) >= 11 is 0. The predicted molar refractivity (Wildman–Crippen MR) is 144 cm³/mol. The maximum absolute atomic E-state index is 13.3. The van der Waals surface area contributed by atoms with Gasteiger partial charge in [0.2, 0.25) is 6.29 Å². The Bertz CT molecular complexity index is 789. The lowest BCUT2D eigenvalue weighted by Crippen LogP contribution is -2.40. The maximum atomic E-state index is 13.3. The maximum Gasteiger partial charge on any atom is 0.318 e. The summed E-state index contributed by atoms with van der Waals surface area (Å²) < 4.78 is 21.4. The highest BCUT2D eigenvalue weighted by Gasteiger charge is 2.63. The van der Waals surface area contributed by atoms with Gasteiger partial charge in [0.25, 0.3) is 0 Å². The lowest BCUT2D eigenvalue weighted by atomic mass is 9.66. The van der Waals surface area contributed by atoms with Crippen LogP contribution in [0.1, 0.15) is 90.5 Å². The summed E-state index contributed by atoms with van der Waals surface area (Å²) in [7, 11) is 0. The first-order valence-corrected chi connectivity index (χ1v) is 11.6. The normalized spacial score (nSPS) is 37.5. The molecule has 10 unspecified atom stereocenters. The molecule has 0 spiro atoms. The molecule has 10 atom stereocenters. The second-order valence-corrected chi connectivity index (χ2v) is 10.0. The molecular weight excluding hydrogens is 476 g/mol. The van der Waals surface area contributed by atoms with Gasteiger partial charge in [0.1, 0.15) is 0 Å². The van der Waals surface area contributed by atoms with Crippen molar-refractivity contribution in [1.82, 2.24) is 0 Å². The van der Waals surface area contributed by atoms with Crippen LogP contribution in [-0.2, 0) is 38.1 Å². The zero-order chi connectivity index (χ0) is 21.9. The number of fused-ring (bicyclic) bond motifs is 5. The van der Waals surface area contributed by atoms with Crippen molar-refractivity contribution in [2.24, 2.45) is 53.3 Å². The summed E-state index contributed by atoms with van der Waals surface area (Å²) in [5.41, 5.74) is 0. The molecule has 2 bridgehead atoms. The van der Waals surface area contributed by atoms with E-state index in [4.69, 9.17) is 18.9 Å². The van der Waals surface area contributed by atoms with Crippen molar-refractivity contribution in [1.29, 1.82) is 0 Å². The Labute approximate surface area is 225 Å². The van der Waals surface area contributed by atoms with Gasteiger partial charge in [-0.2, -0.15) is 0 Å². The summed E-state index contributed by atoms with van der Waals surface area (Å²) in [5.74, 6) is -3.00. The molecule has 2 aliphatic carbocycles. The zero-order valence-electron chi connectivity index (χ0n) is 18.0. The van der Waals surface area contributed by atoms with Gasteiger partial charge in [-0.1, -0.05) is 58.4 Å². The zero-order valence-corrected chi connectivity index (χ0v) is 18.0. The molecule has 0 N–H and O–H groups in total. The minimum absolute atomic E-state index is 0. The number of rotatable bonds is 5. The first-order valence-electron chi connectivity index (χ1n) is 11.6. The van der Waals surface area contributed by atoms with Crippen LogP contribution in [0, 0.1) is 53.3 Å². The highest BCUT2D eigenvalue weighted by molar-refractivity contribution is 5.98. The molecule has 3 aliphatic heterocycles. The van der Waals surface area contributed by atoms with E-state index in [2.05, 4.69) is 6.92 Å². The van der Waals surface area contributed by atoms with E-state index in [1.54, 1.807) is 6.92 Å². The summed E-state index contributed by atoms with van der Waals surface area (Å²) in [6.07, 6.45) is 3.29. The van der Waals surface area contributed by atoms with Crippen molar-refractivity contribution in [3.8, 4) is 0 Å². The Morgan fingerprint density at radius 1 is 0.919 bits per heavy atom. The van der Waals surface area contributed by atoms with Gasteiger partial charge in [0, 0.05) is 12.3 Å². The van der Waals surface area contributed by atoms with E-state index < -0.39 is 42.0 Å². The van der Waals surface area contributed by atoms with Crippen LogP contribution >= 0.6 is 0 Å². The molecule has 3 heterocycles. The van der Waals surface area contributed by atoms with Gasteiger partial charge in [-0.3, -0.25) is 19.2 Å². The molecule has 37 heavy (non-hydrogen) atoms. The van der Waals surface area contributed by atoms with Crippen LogP contribution in [0.2, 0.25) is 0 Å². The Morgan fingerprint density at radius 2 is 1.59 bits per heavy atom. The van der Waals surface area contributed by atoms with Crippen LogP contribution in [0.4, 0.5) is 0 Å². The first-order chi connectivity index (χ1) is 14.9. The van der Waals surface area contributed by atoms with Gasteiger partial charge in [-0.25, -0.2) is 0 Å². The molecule has 8 heteroatoms. The van der Waals surface area contributed by atoms with Crippen molar-refractivity contribution < 1.29 is 38.1 Å². The van der Waals surface area contributed by atoms with E-state index in [1.165, 1.54) is 0 Å². The Kier molecular flexibility index (Phi) is 14.3. The van der Waals surface area contributed by atoms with Crippen LogP contribution < -0.4 is 0 Å². The summed E-state index contributed by atoms with van der Waals surface area (Å²) in [6, 6.07) is 0. The van der Waals surface area contributed by atoms with E-state index in [-0.39, 0.29) is 86.0 Å². The molecular formula is C29H54O8. The molecule has 5 rings (SSSR count). The highest BCUT2D eigenvalue weighted by atomic mass is 16.7. The monoisotopic (exact) mass is 530 g/mol. The quantitative estimate of drug-likeness (QED) is 0.245. The number of esters is 4. The Balaban J connectivity index is 0.